The molecule has 0 saturated carbocycles. The quantitative estimate of drug-likeness (QED) is 0.469. The summed E-state index contributed by atoms with van der Waals surface area (Å²) in [5.74, 6) is 0.611. The van der Waals surface area contributed by atoms with E-state index in [9.17, 15) is 14.4 Å². The minimum atomic E-state index is -1.15. The predicted octanol–water partition coefficient (Wildman–Crippen LogP) is -0.497. The zero-order valence-corrected chi connectivity index (χ0v) is 7.91. The summed E-state index contributed by atoms with van der Waals surface area (Å²) in [5, 5.41) is 8.81. The van der Waals surface area contributed by atoms with Crippen molar-refractivity contribution < 1.29 is 19.5 Å². The third kappa shape index (κ3) is 1.15. The first-order chi connectivity index (χ1) is 6.65. The molecule has 0 aliphatic carbocycles. The van der Waals surface area contributed by atoms with Crippen molar-refractivity contribution in [1.29, 1.82) is 0 Å². The molecular formula is C8H7NO4S. The van der Waals surface area contributed by atoms with Crippen molar-refractivity contribution >= 4 is 29.6 Å². The van der Waals surface area contributed by atoms with Crippen LogP contribution in [0.3, 0.4) is 0 Å². The third-order valence-corrected chi connectivity index (χ3v) is 3.61. The Kier molecular flexibility index (Phi) is 2.09. The number of hydrogen-bond donors (Lipinski definition) is 1. The molecule has 0 aromatic rings. The van der Waals surface area contributed by atoms with Gasteiger partial charge < -0.3 is 10.0 Å². The first-order valence-corrected chi connectivity index (χ1v) is 5.09. The van der Waals surface area contributed by atoms with Gasteiger partial charge in [0.15, 0.2) is 6.04 Å². The number of carbonyl (C=O) groups excluding carboxylic acids is 2. The summed E-state index contributed by atoms with van der Waals surface area (Å²) in [4.78, 5) is 33.7. The minimum Gasteiger partial charge on any atom is -0.479 e. The molecule has 2 rings (SSSR count). The Morgan fingerprint density at radius 1 is 1.64 bits per heavy atom. The Balaban J connectivity index is 2.32. The number of aliphatic carboxylic acids is 1. The standard InChI is InChI=1S/C8H7NO4S/c10-2-4-3-14-6-1-5(11)9(6)7(4)8(12)13/h6-7H,1,3H2,(H,12,13)/t6-,7?/m0/s1. The van der Waals surface area contributed by atoms with Gasteiger partial charge in [-0.1, -0.05) is 0 Å². The van der Waals surface area contributed by atoms with E-state index in [1.54, 1.807) is 5.94 Å². The molecule has 2 aliphatic rings. The number of nitrogens with zero attached hydrogens (tertiary/aromatic N) is 1. The summed E-state index contributed by atoms with van der Waals surface area (Å²) in [7, 11) is 0. The van der Waals surface area contributed by atoms with E-state index in [4.69, 9.17) is 5.11 Å². The normalized spacial score (nSPS) is 30.4. The highest BCUT2D eigenvalue weighted by atomic mass is 32.2. The molecule has 2 saturated heterocycles. The average molecular weight is 213 g/mol. The van der Waals surface area contributed by atoms with Crippen LogP contribution in [0.15, 0.2) is 5.57 Å². The second-order valence-electron chi connectivity index (χ2n) is 3.14. The zero-order valence-electron chi connectivity index (χ0n) is 7.10. The Morgan fingerprint density at radius 2 is 2.36 bits per heavy atom. The van der Waals surface area contributed by atoms with Crippen LogP contribution in [0.5, 0.6) is 0 Å². The number of rotatable bonds is 1. The van der Waals surface area contributed by atoms with Crippen LogP contribution in [0.4, 0.5) is 0 Å². The smallest absolute Gasteiger partial charge is 0.331 e. The van der Waals surface area contributed by atoms with Crippen LogP contribution >= 0.6 is 11.8 Å². The van der Waals surface area contributed by atoms with Crippen LogP contribution in [0.25, 0.3) is 0 Å². The zero-order chi connectivity index (χ0) is 10.3. The Morgan fingerprint density at radius 3 is 2.86 bits per heavy atom. The maximum atomic E-state index is 11.1. The summed E-state index contributed by atoms with van der Waals surface area (Å²) in [6.45, 7) is 0. The van der Waals surface area contributed by atoms with Gasteiger partial charge in [-0.05, 0) is 0 Å². The molecule has 2 aliphatic heterocycles. The van der Waals surface area contributed by atoms with Gasteiger partial charge in [-0.15, -0.1) is 11.8 Å². The molecule has 0 spiro atoms. The van der Waals surface area contributed by atoms with E-state index in [1.165, 1.54) is 16.7 Å². The number of fused-ring (bicyclic) bond motifs is 1. The lowest BCUT2D eigenvalue weighted by Gasteiger charge is -2.46. The van der Waals surface area contributed by atoms with Gasteiger partial charge in [-0.2, -0.15) is 0 Å². The van der Waals surface area contributed by atoms with Gasteiger partial charge in [0.2, 0.25) is 5.91 Å². The van der Waals surface area contributed by atoms with Crippen LogP contribution < -0.4 is 0 Å². The number of carboxylic acid groups (broad SMARTS) is 1. The Labute approximate surface area is 83.8 Å². The molecule has 5 nitrogen and oxygen atoms in total. The first kappa shape index (κ1) is 9.30. The summed E-state index contributed by atoms with van der Waals surface area (Å²) < 4.78 is 0. The molecule has 74 valence electrons. The van der Waals surface area contributed by atoms with Crippen molar-refractivity contribution in [3.63, 3.8) is 0 Å². The summed E-state index contributed by atoms with van der Waals surface area (Å²) in [6.07, 6.45) is 0.376. The number of thioether (sulfide) groups is 1. The van der Waals surface area contributed by atoms with E-state index >= 15 is 0 Å². The molecule has 14 heavy (non-hydrogen) atoms. The van der Waals surface area contributed by atoms with E-state index in [0.717, 1.165) is 0 Å². The fourth-order valence-corrected chi connectivity index (χ4v) is 2.89. The second-order valence-corrected chi connectivity index (χ2v) is 4.31. The highest BCUT2D eigenvalue weighted by Gasteiger charge is 2.49. The van der Waals surface area contributed by atoms with Crippen LogP contribution in [0.1, 0.15) is 6.42 Å². The van der Waals surface area contributed by atoms with Crippen molar-refractivity contribution in [2.45, 2.75) is 17.8 Å². The van der Waals surface area contributed by atoms with E-state index < -0.39 is 12.0 Å². The Hall–Kier alpha value is -1.26. The van der Waals surface area contributed by atoms with Gasteiger partial charge in [0.25, 0.3) is 0 Å². The van der Waals surface area contributed by atoms with E-state index in [-0.39, 0.29) is 16.9 Å². The van der Waals surface area contributed by atoms with Gasteiger partial charge in [-0.3, -0.25) is 4.79 Å². The third-order valence-electron chi connectivity index (χ3n) is 2.35. The molecule has 0 bridgehead atoms. The molecule has 1 amide bonds. The van der Waals surface area contributed by atoms with Gasteiger partial charge >= 0.3 is 5.97 Å². The number of hydrogen-bond acceptors (Lipinski definition) is 4. The van der Waals surface area contributed by atoms with Crippen molar-refractivity contribution in [2.24, 2.45) is 0 Å². The lowest BCUT2D eigenvalue weighted by molar-refractivity contribution is -0.156. The number of carboxylic acids is 1. The first-order valence-electron chi connectivity index (χ1n) is 4.04. The summed E-state index contributed by atoms with van der Waals surface area (Å²) in [6, 6.07) is -1.08. The summed E-state index contributed by atoms with van der Waals surface area (Å²) in [5.41, 5.74) is 0.145. The highest BCUT2D eigenvalue weighted by Crippen LogP contribution is 2.39. The molecule has 2 atom stereocenters. The lowest BCUT2D eigenvalue weighted by atomic mass is 10.0. The number of β-lactam (4-membered cyclic amide) rings is 1. The maximum Gasteiger partial charge on any atom is 0.331 e. The van der Waals surface area contributed by atoms with Crippen LogP contribution in [0, 0.1) is 0 Å². The topological polar surface area (TPSA) is 74.7 Å². The maximum absolute atomic E-state index is 11.1. The average Bonchev–Trinajstić information content (AvgIpc) is 2.15. The van der Waals surface area contributed by atoms with Crippen molar-refractivity contribution in [2.75, 3.05) is 5.75 Å². The molecular weight excluding hydrogens is 206 g/mol. The fourth-order valence-electron chi connectivity index (χ4n) is 1.64. The SMILES string of the molecule is O=C=C1CS[C@H]2CC(=O)N2C1C(=O)O. The van der Waals surface area contributed by atoms with E-state index in [1.807, 2.05) is 0 Å². The molecule has 2 heterocycles. The van der Waals surface area contributed by atoms with Crippen LogP contribution in [-0.4, -0.2) is 45.0 Å². The van der Waals surface area contributed by atoms with Crippen molar-refractivity contribution in [3.05, 3.63) is 5.57 Å². The lowest BCUT2D eigenvalue weighted by Crippen LogP contribution is -2.61. The van der Waals surface area contributed by atoms with E-state index in [0.29, 0.717) is 12.2 Å². The monoisotopic (exact) mass is 213 g/mol. The predicted molar refractivity (Wildman–Crippen MR) is 48.3 cm³/mol. The molecule has 2 fully saturated rings. The van der Waals surface area contributed by atoms with Crippen molar-refractivity contribution in [1.82, 2.24) is 4.90 Å². The van der Waals surface area contributed by atoms with Crippen molar-refractivity contribution in [3.8, 4) is 0 Å². The highest BCUT2D eigenvalue weighted by molar-refractivity contribution is 8.00. The number of carbonyl (C=O) groups is 2. The van der Waals surface area contributed by atoms with E-state index in [2.05, 4.69) is 0 Å². The van der Waals surface area contributed by atoms with Gasteiger partial charge in [0.1, 0.15) is 5.94 Å². The van der Waals surface area contributed by atoms with Gasteiger partial charge in [0.05, 0.1) is 17.4 Å². The molecule has 0 aromatic heterocycles. The fraction of sp³-hybridized carbons (Fsp3) is 0.500. The van der Waals surface area contributed by atoms with Crippen LogP contribution in [0.2, 0.25) is 0 Å². The largest absolute Gasteiger partial charge is 0.479 e. The van der Waals surface area contributed by atoms with Gasteiger partial charge in [-0.25, -0.2) is 9.59 Å². The molecule has 1 unspecified atom stereocenters. The second kappa shape index (κ2) is 3.15. The molecule has 0 radical (unpaired) electrons. The molecule has 1 N–H and O–H groups in total. The Bertz CT molecular complexity index is 360. The van der Waals surface area contributed by atoms with Crippen LogP contribution in [-0.2, 0) is 14.4 Å². The molecule has 6 heteroatoms. The minimum absolute atomic E-state index is 0.0688. The number of amides is 1. The summed E-state index contributed by atoms with van der Waals surface area (Å²) >= 11 is 1.41. The molecule has 0 aromatic carbocycles. The van der Waals surface area contributed by atoms with Gasteiger partial charge in [0, 0.05) is 5.75 Å².